The van der Waals surface area contributed by atoms with Gasteiger partial charge in [0.05, 0.1) is 0 Å². The third-order valence-corrected chi connectivity index (χ3v) is 2.32. The van der Waals surface area contributed by atoms with Gasteiger partial charge >= 0.3 is 6.98 Å². The highest BCUT2D eigenvalue weighted by Gasteiger charge is 2.22. The minimum atomic E-state index is -4.79. The average Bonchev–Trinajstić information content (AvgIpc) is 2.48. The van der Waals surface area contributed by atoms with E-state index in [-0.39, 0.29) is 6.61 Å². The van der Waals surface area contributed by atoms with Gasteiger partial charge in [-0.3, -0.25) is 0 Å². The van der Waals surface area contributed by atoms with Crippen molar-refractivity contribution in [2.24, 2.45) is 0 Å². The summed E-state index contributed by atoms with van der Waals surface area (Å²) in [7, 11) is 0. The Morgan fingerprint density at radius 1 is 1.38 bits per heavy atom. The first-order valence-corrected chi connectivity index (χ1v) is 4.77. The molecule has 0 unspecified atom stereocenters. The molecule has 13 heavy (non-hydrogen) atoms. The van der Waals surface area contributed by atoms with Gasteiger partial charge in [0.25, 0.3) is 0 Å². The Morgan fingerprint density at radius 3 is 2.69 bits per heavy atom. The van der Waals surface area contributed by atoms with Gasteiger partial charge in [-0.1, -0.05) is 6.07 Å². The lowest BCUT2D eigenvalue weighted by molar-refractivity contribution is 0.154. The Hall–Kier alpha value is -0.485. The van der Waals surface area contributed by atoms with Crippen molar-refractivity contribution in [2.45, 2.75) is 6.42 Å². The molecule has 0 saturated carbocycles. The molecule has 0 aliphatic carbocycles. The molecule has 1 aromatic rings. The van der Waals surface area contributed by atoms with Gasteiger partial charge in [0.2, 0.25) is 0 Å². The maximum absolute atomic E-state index is 11.7. The topological polar surface area (TPSA) is 9.23 Å². The zero-order valence-electron chi connectivity index (χ0n) is 6.88. The first-order valence-electron chi connectivity index (χ1n) is 3.89. The van der Waals surface area contributed by atoms with Crippen LogP contribution in [0.4, 0.5) is 12.9 Å². The van der Waals surface area contributed by atoms with E-state index in [1.807, 2.05) is 17.5 Å². The summed E-state index contributed by atoms with van der Waals surface area (Å²) in [5, 5.41) is 1.89. The van der Waals surface area contributed by atoms with Gasteiger partial charge in [-0.15, -0.1) is 11.3 Å². The van der Waals surface area contributed by atoms with Crippen molar-refractivity contribution in [3.8, 4) is 0 Å². The Kier molecular flexibility index (Phi) is 3.80. The van der Waals surface area contributed by atoms with Crippen molar-refractivity contribution in [3.63, 3.8) is 0 Å². The van der Waals surface area contributed by atoms with E-state index < -0.39 is 13.5 Å². The van der Waals surface area contributed by atoms with Gasteiger partial charge in [-0.25, -0.2) is 0 Å². The number of ether oxygens (including phenoxy) is 1. The molecule has 0 atom stereocenters. The molecule has 0 spiro atoms. The second-order valence-electron chi connectivity index (χ2n) is 2.61. The maximum Gasteiger partial charge on any atom is 0.503 e. The Bertz CT molecular complexity index is 234. The van der Waals surface area contributed by atoms with Crippen LogP contribution >= 0.6 is 11.3 Å². The highest BCUT2D eigenvalue weighted by Crippen LogP contribution is 2.11. The Balaban J connectivity index is 2.09. The lowest BCUT2D eigenvalue weighted by Crippen LogP contribution is -2.24. The zero-order chi connectivity index (χ0) is 9.73. The minimum absolute atomic E-state index is 0.141. The second kappa shape index (κ2) is 4.67. The van der Waals surface area contributed by atoms with Crippen molar-refractivity contribution < 1.29 is 17.7 Å². The Morgan fingerprint density at radius 2 is 2.15 bits per heavy atom. The summed E-state index contributed by atoms with van der Waals surface area (Å²) in [6.45, 7) is -5.74. The Labute approximate surface area is 78.6 Å². The molecule has 6 heteroatoms. The van der Waals surface area contributed by atoms with E-state index in [1.54, 1.807) is 0 Å². The summed E-state index contributed by atoms with van der Waals surface area (Å²) in [6.07, 6.45) is 0.559. The highest BCUT2D eigenvalue weighted by molar-refractivity contribution is 7.09. The van der Waals surface area contributed by atoms with E-state index >= 15 is 0 Å². The lowest BCUT2D eigenvalue weighted by Gasteiger charge is -2.13. The number of rotatable bonds is 5. The van der Waals surface area contributed by atoms with Gasteiger partial charge in [-0.2, -0.15) is 0 Å². The molecule has 1 heterocycles. The molecule has 0 saturated heterocycles. The first kappa shape index (κ1) is 10.6. The number of thiophene rings is 1. The van der Waals surface area contributed by atoms with Gasteiger partial charge in [0.1, 0.15) is 0 Å². The molecule has 0 aromatic carbocycles. The predicted molar refractivity (Wildman–Crippen MR) is 47.9 cm³/mol. The summed E-state index contributed by atoms with van der Waals surface area (Å²) in [5.41, 5.74) is 0. The fourth-order valence-electron chi connectivity index (χ4n) is 0.845. The number of hydrogen-bond acceptors (Lipinski definition) is 2. The smallest absolute Gasteiger partial charge is 0.447 e. The summed E-state index contributed by atoms with van der Waals surface area (Å²) < 4.78 is 39.5. The van der Waals surface area contributed by atoms with Crippen LogP contribution < -0.4 is 0 Å². The molecule has 0 aliphatic rings. The third-order valence-electron chi connectivity index (χ3n) is 1.38. The highest BCUT2D eigenvalue weighted by atomic mass is 32.1. The quantitative estimate of drug-likeness (QED) is 0.535. The fourth-order valence-corrected chi connectivity index (χ4v) is 1.53. The minimum Gasteiger partial charge on any atom is -0.447 e. The van der Waals surface area contributed by atoms with Crippen molar-refractivity contribution in [2.75, 3.05) is 13.1 Å². The van der Waals surface area contributed by atoms with E-state index in [4.69, 9.17) is 0 Å². The SMILES string of the molecule is F[B-](F)(F)COCCc1cccs1. The van der Waals surface area contributed by atoms with E-state index in [9.17, 15) is 12.9 Å². The van der Waals surface area contributed by atoms with Crippen LogP contribution in [0.5, 0.6) is 0 Å². The first-order chi connectivity index (χ1) is 6.08. The predicted octanol–water partition coefficient (Wildman–Crippen LogP) is 2.69. The molecule has 1 aromatic heterocycles. The molecule has 0 radical (unpaired) electrons. The molecule has 0 aliphatic heterocycles. The normalized spacial score (nSPS) is 11.9. The van der Waals surface area contributed by atoms with Crippen LogP contribution in [-0.2, 0) is 11.2 Å². The van der Waals surface area contributed by atoms with E-state index in [1.165, 1.54) is 11.3 Å². The van der Waals surface area contributed by atoms with E-state index in [0.29, 0.717) is 6.42 Å². The largest absolute Gasteiger partial charge is 0.503 e. The standard InChI is InChI=1S/C7H9BF3OS/c9-8(10,11)6-12-4-3-7-2-1-5-13-7/h1-2,5H,3-4,6H2/q-1. The molecule has 1 nitrogen and oxygen atoms in total. The molecular weight excluding hydrogens is 200 g/mol. The van der Waals surface area contributed by atoms with Crippen LogP contribution in [0.3, 0.4) is 0 Å². The van der Waals surface area contributed by atoms with E-state index in [2.05, 4.69) is 4.74 Å². The average molecular weight is 209 g/mol. The van der Waals surface area contributed by atoms with Gasteiger partial charge in [0, 0.05) is 24.4 Å². The lowest BCUT2D eigenvalue weighted by atomic mass is 9.95. The maximum atomic E-state index is 11.7. The summed E-state index contributed by atoms with van der Waals surface area (Å²) in [6, 6.07) is 3.75. The van der Waals surface area contributed by atoms with Crippen LogP contribution in [-0.4, -0.2) is 20.1 Å². The van der Waals surface area contributed by atoms with Crippen LogP contribution in [0.15, 0.2) is 17.5 Å². The summed E-state index contributed by atoms with van der Waals surface area (Å²) in [5.74, 6) is 0. The van der Waals surface area contributed by atoms with Crippen molar-refractivity contribution in [1.29, 1.82) is 0 Å². The van der Waals surface area contributed by atoms with Gasteiger partial charge in [0.15, 0.2) is 0 Å². The second-order valence-corrected chi connectivity index (χ2v) is 3.65. The molecule has 74 valence electrons. The zero-order valence-corrected chi connectivity index (χ0v) is 7.70. The number of hydrogen-bond donors (Lipinski definition) is 0. The van der Waals surface area contributed by atoms with Crippen LogP contribution in [0.2, 0.25) is 0 Å². The van der Waals surface area contributed by atoms with Crippen LogP contribution in [0.1, 0.15) is 4.88 Å². The van der Waals surface area contributed by atoms with Crippen molar-refractivity contribution in [1.82, 2.24) is 0 Å². The van der Waals surface area contributed by atoms with Crippen LogP contribution in [0.25, 0.3) is 0 Å². The molecule has 0 bridgehead atoms. The molecular formula is C7H9BF3OS-. The summed E-state index contributed by atoms with van der Waals surface area (Å²) >= 11 is 1.52. The monoisotopic (exact) mass is 209 g/mol. The molecule has 0 N–H and O–H groups in total. The third kappa shape index (κ3) is 4.95. The summed E-state index contributed by atoms with van der Waals surface area (Å²) in [4.78, 5) is 1.05. The van der Waals surface area contributed by atoms with Gasteiger partial charge < -0.3 is 17.7 Å². The van der Waals surface area contributed by atoms with Crippen molar-refractivity contribution in [3.05, 3.63) is 22.4 Å². The molecule has 0 amide bonds. The fraction of sp³-hybridized carbons (Fsp3) is 0.429. The molecule has 1 rings (SSSR count). The van der Waals surface area contributed by atoms with E-state index in [0.717, 1.165) is 4.88 Å². The van der Waals surface area contributed by atoms with Crippen LogP contribution in [0, 0.1) is 0 Å². The number of halogens is 3. The van der Waals surface area contributed by atoms with Crippen molar-refractivity contribution >= 4 is 18.3 Å². The van der Waals surface area contributed by atoms with Gasteiger partial charge in [-0.05, 0) is 11.4 Å². The molecule has 0 fully saturated rings.